The third kappa shape index (κ3) is 3.24. The van der Waals surface area contributed by atoms with E-state index in [-0.39, 0.29) is 0 Å². The van der Waals surface area contributed by atoms with Crippen molar-refractivity contribution in [2.75, 3.05) is 0 Å². The maximum absolute atomic E-state index is 9.29. The summed E-state index contributed by atoms with van der Waals surface area (Å²) < 4.78 is 0. The highest BCUT2D eigenvalue weighted by Gasteiger charge is 1.98. The highest BCUT2D eigenvalue weighted by molar-refractivity contribution is 5.36. The van der Waals surface area contributed by atoms with E-state index in [0.717, 1.165) is 24.0 Å². The molecular formula is C13H16O. The topological polar surface area (TPSA) is 20.2 Å². The van der Waals surface area contributed by atoms with Crippen molar-refractivity contribution in [2.45, 2.75) is 32.8 Å². The molecule has 0 heterocycles. The van der Waals surface area contributed by atoms with Crippen LogP contribution in [0.3, 0.4) is 0 Å². The third-order valence-electron chi connectivity index (χ3n) is 2.00. The first-order chi connectivity index (χ1) is 6.74. The molecule has 0 radical (unpaired) electrons. The molecule has 1 aromatic carbocycles. The molecule has 0 fully saturated rings. The molecule has 0 bridgehead atoms. The fraction of sp³-hybridized carbons (Fsp3) is 0.385. The number of aliphatic hydroxyl groups is 1. The van der Waals surface area contributed by atoms with E-state index in [1.807, 2.05) is 24.3 Å². The summed E-state index contributed by atoms with van der Waals surface area (Å²) in [6.45, 7) is 3.88. The molecule has 1 heteroatoms. The Balaban J connectivity index is 2.70. The first-order valence-corrected chi connectivity index (χ1v) is 5.01. The van der Waals surface area contributed by atoms with Crippen molar-refractivity contribution < 1.29 is 5.11 Å². The molecule has 14 heavy (non-hydrogen) atoms. The van der Waals surface area contributed by atoms with Crippen LogP contribution >= 0.6 is 0 Å². The second-order valence-corrected chi connectivity index (χ2v) is 3.35. The number of benzene rings is 1. The Kier molecular flexibility index (Phi) is 4.22. The molecule has 1 aromatic rings. The summed E-state index contributed by atoms with van der Waals surface area (Å²) in [4.78, 5) is 0. The summed E-state index contributed by atoms with van der Waals surface area (Å²) in [5, 5.41) is 9.29. The van der Waals surface area contributed by atoms with E-state index in [1.165, 1.54) is 0 Å². The highest BCUT2D eigenvalue weighted by Crippen LogP contribution is 2.11. The van der Waals surface area contributed by atoms with Crippen molar-refractivity contribution in [2.24, 2.45) is 0 Å². The van der Waals surface area contributed by atoms with E-state index in [2.05, 4.69) is 18.8 Å². The van der Waals surface area contributed by atoms with Crippen LogP contribution in [0.15, 0.2) is 24.3 Å². The Morgan fingerprint density at radius 1 is 1.29 bits per heavy atom. The maximum Gasteiger partial charge on any atom is 0.0761 e. The lowest BCUT2D eigenvalue weighted by Crippen LogP contribution is -1.89. The average Bonchev–Trinajstić information content (AvgIpc) is 2.19. The molecule has 1 atom stereocenters. The molecule has 0 aliphatic rings. The van der Waals surface area contributed by atoms with Crippen molar-refractivity contribution in [3.63, 3.8) is 0 Å². The smallest absolute Gasteiger partial charge is 0.0761 e. The van der Waals surface area contributed by atoms with Crippen LogP contribution in [0.2, 0.25) is 0 Å². The summed E-state index contributed by atoms with van der Waals surface area (Å²) in [5.41, 5.74) is 1.95. The average molecular weight is 188 g/mol. The van der Waals surface area contributed by atoms with Crippen LogP contribution in [0, 0.1) is 11.8 Å². The van der Waals surface area contributed by atoms with Gasteiger partial charge in [-0.25, -0.2) is 0 Å². The van der Waals surface area contributed by atoms with Gasteiger partial charge in [-0.05, 0) is 31.0 Å². The molecule has 1 unspecified atom stereocenters. The zero-order valence-corrected chi connectivity index (χ0v) is 8.75. The third-order valence-corrected chi connectivity index (χ3v) is 2.00. The number of hydrogen-bond donors (Lipinski definition) is 1. The summed E-state index contributed by atoms with van der Waals surface area (Å²) in [7, 11) is 0. The van der Waals surface area contributed by atoms with Crippen LogP contribution in [0.25, 0.3) is 0 Å². The molecule has 1 nitrogen and oxygen atoms in total. The summed E-state index contributed by atoms with van der Waals surface area (Å²) >= 11 is 0. The van der Waals surface area contributed by atoms with E-state index in [1.54, 1.807) is 6.92 Å². The molecule has 74 valence electrons. The van der Waals surface area contributed by atoms with Gasteiger partial charge in [0.25, 0.3) is 0 Å². The SMILES string of the molecule is CCCC#Cc1ccc(C(C)O)cc1. The lowest BCUT2D eigenvalue weighted by Gasteiger charge is -2.02. The van der Waals surface area contributed by atoms with Crippen molar-refractivity contribution in [1.82, 2.24) is 0 Å². The molecule has 0 aliphatic carbocycles. The predicted octanol–water partition coefficient (Wildman–Crippen LogP) is 2.89. The number of rotatable bonds is 2. The first-order valence-electron chi connectivity index (χ1n) is 5.01. The van der Waals surface area contributed by atoms with Gasteiger partial charge >= 0.3 is 0 Å². The van der Waals surface area contributed by atoms with E-state index >= 15 is 0 Å². The quantitative estimate of drug-likeness (QED) is 0.707. The van der Waals surface area contributed by atoms with Crippen LogP contribution in [-0.2, 0) is 0 Å². The second-order valence-electron chi connectivity index (χ2n) is 3.35. The summed E-state index contributed by atoms with van der Waals surface area (Å²) in [6.07, 6.45) is 1.64. The maximum atomic E-state index is 9.29. The fourth-order valence-corrected chi connectivity index (χ4v) is 1.13. The molecule has 1 rings (SSSR count). The van der Waals surface area contributed by atoms with Gasteiger partial charge in [-0.3, -0.25) is 0 Å². The largest absolute Gasteiger partial charge is 0.389 e. The number of hydrogen-bond acceptors (Lipinski definition) is 1. The molecule has 0 aliphatic heterocycles. The van der Waals surface area contributed by atoms with Crippen molar-refractivity contribution >= 4 is 0 Å². The molecule has 0 saturated carbocycles. The monoisotopic (exact) mass is 188 g/mol. The Morgan fingerprint density at radius 2 is 1.93 bits per heavy atom. The number of aliphatic hydroxyl groups excluding tert-OH is 1. The van der Waals surface area contributed by atoms with Gasteiger partial charge in [0.15, 0.2) is 0 Å². The molecule has 0 aromatic heterocycles. The standard InChI is InChI=1S/C13H16O/c1-3-4-5-6-12-7-9-13(10-8-12)11(2)14/h7-11,14H,3-4H2,1-2H3. The highest BCUT2D eigenvalue weighted by atomic mass is 16.3. The Bertz CT molecular complexity index is 324. The van der Waals surface area contributed by atoms with Gasteiger partial charge in [0, 0.05) is 12.0 Å². The van der Waals surface area contributed by atoms with Crippen LogP contribution in [0.1, 0.15) is 43.9 Å². The Morgan fingerprint density at radius 3 is 2.43 bits per heavy atom. The molecular weight excluding hydrogens is 172 g/mol. The molecule has 0 saturated heterocycles. The lowest BCUT2D eigenvalue weighted by molar-refractivity contribution is 0.199. The Labute approximate surface area is 85.8 Å². The minimum atomic E-state index is -0.396. The normalized spacial score (nSPS) is 11.6. The fourth-order valence-electron chi connectivity index (χ4n) is 1.13. The zero-order valence-electron chi connectivity index (χ0n) is 8.75. The van der Waals surface area contributed by atoms with Crippen molar-refractivity contribution in [3.8, 4) is 11.8 Å². The van der Waals surface area contributed by atoms with Gasteiger partial charge in [-0.1, -0.05) is 30.9 Å². The molecule has 0 amide bonds. The zero-order chi connectivity index (χ0) is 10.4. The molecule has 0 spiro atoms. The summed E-state index contributed by atoms with van der Waals surface area (Å²) in [5.74, 6) is 6.17. The minimum Gasteiger partial charge on any atom is -0.389 e. The van der Waals surface area contributed by atoms with E-state index < -0.39 is 6.10 Å². The van der Waals surface area contributed by atoms with Crippen molar-refractivity contribution in [3.05, 3.63) is 35.4 Å². The van der Waals surface area contributed by atoms with E-state index in [4.69, 9.17) is 0 Å². The van der Waals surface area contributed by atoms with Crippen LogP contribution in [-0.4, -0.2) is 5.11 Å². The Hall–Kier alpha value is -1.26. The number of unbranched alkanes of at least 4 members (excludes halogenated alkanes) is 1. The summed E-state index contributed by atoms with van der Waals surface area (Å²) in [6, 6.07) is 7.73. The minimum absolute atomic E-state index is 0.396. The van der Waals surface area contributed by atoms with Crippen molar-refractivity contribution in [1.29, 1.82) is 0 Å². The van der Waals surface area contributed by atoms with Gasteiger partial charge in [-0.2, -0.15) is 0 Å². The van der Waals surface area contributed by atoms with Gasteiger partial charge in [-0.15, -0.1) is 0 Å². The van der Waals surface area contributed by atoms with Gasteiger partial charge < -0.3 is 5.11 Å². The van der Waals surface area contributed by atoms with Crippen LogP contribution in [0.4, 0.5) is 0 Å². The van der Waals surface area contributed by atoms with Gasteiger partial charge in [0.05, 0.1) is 6.10 Å². The van der Waals surface area contributed by atoms with Crippen LogP contribution < -0.4 is 0 Å². The molecule has 1 N–H and O–H groups in total. The predicted molar refractivity (Wildman–Crippen MR) is 58.9 cm³/mol. The van der Waals surface area contributed by atoms with E-state index in [9.17, 15) is 5.11 Å². The second kappa shape index (κ2) is 5.47. The first kappa shape index (κ1) is 10.8. The van der Waals surface area contributed by atoms with Gasteiger partial charge in [0.2, 0.25) is 0 Å². The van der Waals surface area contributed by atoms with Crippen LogP contribution in [0.5, 0.6) is 0 Å². The lowest BCUT2D eigenvalue weighted by atomic mass is 10.1. The van der Waals surface area contributed by atoms with E-state index in [0.29, 0.717) is 0 Å². The van der Waals surface area contributed by atoms with Gasteiger partial charge in [0.1, 0.15) is 0 Å².